The first-order valence-electron chi connectivity index (χ1n) is 10.6. The van der Waals surface area contributed by atoms with E-state index in [0.717, 1.165) is 46.8 Å². The topological polar surface area (TPSA) is 79.4 Å². The summed E-state index contributed by atoms with van der Waals surface area (Å²) in [4.78, 5) is 23.9. The van der Waals surface area contributed by atoms with Crippen LogP contribution in [0.1, 0.15) is 0 Å². The maximum absolute atomic E-state index is 12.3. The number of amides is 2. The largest absolute Gasteiger partial charge is 0.378 e. The summed E-state index contributed by atoms with van der Waals surface area (Å²) >= 11 is 0. The van der Waals surface area contributed by atoms with Crippen LogP contribution in [-0.4, -0.2) is 42.3 Å². The van der Waals surface area contributed by atoms with Crippen LogP contribution in [0.25, 0.3) is 22.2 Å². The molecule has 32 heavy (non-hydrogen) atoms. The first kappa shape index (κ1) is 20.0. The van der Waals surface area contributed by atoms with E-state index in [9.17, 15) is 4.79 Å². The van der Waals surface area contributed by atoms with Gasteiger partial charge in [-0.25, -0.2) is 9.78 Å². The molecule has 1 fully saturated rings. The first-order valence-corrected chi connectivity index (χ1v) is 10.6. The zero-order valence-corrected chi connectivity index (χ0v) is 17.5. The molecule has 0 bridgehead atoms. The minimum absolute atomic E-state index is 0.284. The maximum atomic E-state index is 12.3. The van der Waals surface area contributed by atoms with Gasteiger partial charge < -0.3 is 20.3 Å². The molecule has 0 aliphatic carbocycles. The highest BCUT2D eigenvalue weighted by Gasteiger charge is 2.13. The molecule has 1 saturated heterocycles. The molecule has 160 valence electrons. The Bertz CT molecular complexity index is 1240. The number of ether oxygens (including phenoxy) is 1. The quantitative estimate of drug-likeness (QED) is 0.492. The van der Waals surface area contributed by atoms with E-state index in [1.54, 1.807) is 0 Å². The Morgan fingerprint density at radius 2 is 1.56 bits per heavy atom. The number of hydrogen-bond acceptors (Lipinski definition) is 5. The van der Waals surface area contributed by atoms with E-state index in [1.807, 2.05) is 79.0 Å². The molecule has 5 rings (SSSR count). The second-order valence-electron chi connectivity index (χ2n) is 7.56. The van der Waals surface area contributed by atoms with Crippen molar-refractivity contribution in [1.29, 1.82) is 0 Å². The lowest BCUT2D eigenvalue weighted by Gasteiger charge is -2.27. The normalized spacial score (nSPS) is 13.7. The first-order chi connectivity index (χ1) is 15.7. The average Bonchev–Trinajstić information content (AvgIpc) is 2.84. The summed E-state index contributed by atoms with van der Waals surface area (Å²) in [5, 5.41) is 5.72. The fourth-order valence-electron chi connectivity index (χ4n) is 3.72. The van der Waals surface area contributed by atoms with Gasteiger partial charge in [0.05, 0.1) is 30.4 Å². The van der Waals surface area contributed by atoms with Gasteiger partial charge in [-0.15, -0.1) is 0 Å². The highest BCUT2D eigenvalue weighted by molar-refractivity contribution is 6.00. The van der Waals surface area contributed by atoms with Gasteiger partial charge in [0, 0.05) is 24.5 Å². The molecule has 1 aliphatic rings. The molecule has 2 heterocycles. The molecule has 3 aromatic carbocycles. The van der Waals surface area contributed by atoms with E-state index in [-0.39, 0.29) is 6.03 Å². The molecule has 7 heteroatoms. The van der Waals surface area contributed by atoms with Gasteiger partial charge in [0.15, 0.2) is 0 Å². The second-order valence-corrected chi connectivity index (χ2v) is 7.56. The van der Waals surface area contributed by atoms with Gasteiger partial charge in [-0.05, 0) is 47.5 Å². The molecule has 7 nitrogen and oxygen atoms in total. The molecule has 0 atom stereocenters. The molecule has 0 radical (unpaired) electrons. The van der Waals surface area contributed by atoms with Gasteiger partial charge in [0.25, 0.3) is 0 Å². The lowest BCUT2D eigenvalue weighted by atomic mass is 10.0. The molecule has 0 saturated carbocycles. The fourth-order valence-corrected chi connectivity index (χ4v) is 3.72. The summed E-state index contributed by atoms with van der Waals surface area (Å²) in [5.74, 6) is 0.867. The van der Waals surface area contributed by atoms with E-state index in [4.69, 9.17) is 9.72 Å². The van der Waals surface area contributed by atoms with Crippen LogP contribution in [0.2, 0.25) is 0 Å². The Hall–Kier alpha value is -3.97. The minimum atomic E-state index is -0.284. The van der Waals surface area contributed by atoms with Crippen LogP contribution in [0.15, 0.2) is 79.0 Å². The minimum Gasteiger partial charge on any atom is -0.378 e. The van der Waals surface area contributed by atoms with Gasteiger partial charge in [0.2, 0.25) is 0 Å². The van der Waals surface area contributed by atoms with Gasteiger partial charge in [0.1, 0.15) is 5.82 Å². The van der Waals surface area contributed by atoms with E-state index >= 15 is 0 Å². The summed E-state index contributed by atoms with van der Waals surface area (Å²) in [6, 6.07) is 22.9. The number of para-hydroxylation sites is 1. The van der Waals surface area contributed by atoms with Gasteiger partial charge in [-0.1, -0.05) is 36.4 Å². The molecule has 1 aliphatic heterocycles. The Balaban J connectivity index is 1.36. The van der Waals surface area contributed by atoms with Crippen molar-refractivity contribution < 1.29 is 9.53 Å². The number of anilines is 3. The van der Waals surface area contributed by atoms with Gasteiger partial charge >= 0.3 is 6.03 Å². The summed E-state index contributed by atoms with van der Waals surface area (Å²) in [6.07, 6.45) is 1.82. The van der Waals surface area contributed by atoms with Crippen LogP contribution in [-0.2, 0) is 4.74 Å². The van der Waals surface area contributed by atoms with E-state index < -0.39 is 0 Å². The number of urea groups is 1. The number of nitrogens with one attached hydrogen (secondary N) is 2. The van der Waals surface area contributed by atoms with Crippen LogP contribution < -0.4 is 15.5 Å². The molecular formula is C25H23N5O2. The van der Waals surface area contributed by atoms with Crippen LogP contribution in [0, 0.1) is 0 Å². The maximum Gasteiger partial charge on any atom is 0.323 e. The van der Waals surface area contributed by atoms with Crippen molar-refractivity contribution in [2.45, 2.75) is 0 Å². The molecule has 0 spiro atoms. The zero-order chi connectivity index (χ0) is 21.8. The number of carbonyl (C=O) groups excluding carboxylic acids is 1. The van der Waals surface area contributed by atoms with Crippen molar-refractivity contribution in [1.82, 2.24) is 9.97 Å². The SMILES string of the molecule is O=C(Nc1ccccc1)Nc1cccc(-c2ccc3ncc(N4CCOCC4)nc3c2)c1. The molecular weight excluding hydrogens is 402 g/mol. The van der Waals surface area contributed by atoms with Crippen molar-refractivity contribution in [2.75, 3.05) is 41.8 Å². The molecule has 4 aromatic rings. The van der Waals surface area contributed by atoms with Gasteiger partial charge in [-0.3, -0.25) is 4.98 Å². The standard InChI is InChI=1S/C25H23N5O2/c31-25(27-20-6-2-1-3-7-20)28-21-8-4-5-18(15-21)19-9-10-22-23(16-19)29-24(17-26-22)30-11-13-32-14-12-30/h1-10,15-17H,11-14H2,(H2,27,28,31). The van der Waals surface area contributed by atoms with Crippen molar-refractivity contribution in [2.24, 2.45) is 0 Å². The van der Waals surface area contributed by atoms with Gasteiger partial charge in [-0.2, -0.15) is 0 Å². The smallest absolute Gasteiger partial charge is 0.323 e. The Morgan fingerprint density at radius 3 is 2.41 bits per heavy atom. The molecule has 1 aromatic heterocycles. The predicted octanol–water partition coefficient (Wildman–Crippen LogP) is 4.78. The summed E-state index contributed by atoms with van der Waals surface area (Å²) in [6.45, 7) is 3.05. The fraction of sp³-hybridized carbons (Fsp3) is 0.160. The highest BCUT2D eigenvalue weighted by atomic mass is 16.5. The molecule has 2 N–H and O–H groups in total. The van der Waals surface area contributed by atoms with Crippen LogP contribution >= 0.6 is 0 Å². The summed E-state index contributed by atoms with van der Waals surface area (Å²) < 4.78 is 5.43. The lowest BCUT2D eigenvalue weighted by molar-refractivity contribution is 0.122. The third-order valence-corrected chi connectivity index (χ3v) is 5.35. The number of aromatic nitrogens is 2. The van der Waals surface area contributed by atoms with E-state index in [1.165, 1.54) is 0 Å². The Labute approximate surface area is 186 Å². The molecule has 0 unspecified atom stereocenters. The number of fused-ring (bicyclic) bond motifs is 1. The van der Waals surface area contributed by atoms with Crippen molar-refractivity contribution in [3.8, 4) is 11.1 Å². The zero-order valence-electron chi connectivity index (χ0n) is 17.5. The van der Waals surface area contributed by atoms with Crippen LogP contribution in [0.4, 0.5) is 22.0 Å². The van der Waals surface area contributed by atoms with E-state index in [2.05, 4.69) is 20.5 Å². The number of morpholine rings is 1. The average molecular weight is 425 g/mol. The number of benzene rings is 3. The summed E-state index contributed by atoms with van der Waals surface area (Å²) in [7, 11) is 0. The summed E-state index contributed by atoms with van der Waals surface area (Å²) in [5.41, 5.74) is 5.14. The predicted molar refractivity (Wildman–Crippen MR) is 127 cm³/mol. The number of hydrogen-bond donors (Lipinski definition) is 2. The van der Waals surface area contributed by atoms with Crippen molar-refractivity contribution in [3.63, 3.8) is 0 Å². The highest BCUT2D eigenvalue weighted by Crippen LogP contribution is 2.26. The van der Waals surface area contributed by atoms with Crippen LogP contribution in [0.5, 0.6) is 0 Å². The number of rotatable bonds is 4. The van der Waals surface area contributed by atoms with Crippen LogP contribution in [0.3, 0.4) is 0 Å². The number of nitrogens with zero attached hydrogens (tertiary/aromatic N) is 3. The third-order valence-electron chi connectivity index (χ3n) is 5.35. The Kier molecular flexibility index (Phi) is 5.63. The van der Waals surface area contributed by atoms with E-state index in [0.29, 0.717) is 18.9 Å². The Morgan fingerprint density at radius 1 is 0.812 bits per heavy atom. The van der Waals surface area contributed by atoms with Crippen molar-refractivity contribution >= 4 is 34.3 Å². The molecule has 2 amide bonds. The third kappa shape index (κ3) is 4.53. The number of carbonyl (C=O) groups is 1. The van der Waals surface area contributed by atoms with Crippen molar-refractivity contribution in [3.05, 3.63) is 79.0 Å². The lowest BCUT2D eigenvalue weighted by Crippen LogP contribution is -2.36. The second kappa shape index (κ2) is 9.03. The monoisotopic (exact) mass is 425 g/mol.